The molecule has 2 N–H and O–H groups in total. The van der Waals surface area contributed by atoms with E-state index in [4.69, 9.17) is 10.5 Å². The zero-order chi connectivity index (χ0) is 12.6. The van der Waals surface area contributed by atoms with Gasteiger partial charge in [-0.3, -0.25) is 4.90 Å². The number of hydrogen-bond acceptors (Lipinski definition) is 4. The Bertz CT molecular complexity index is 312. The fourth-order valence-corrected chi connectivity index (χ4v) is 2.54. The molecule has 0 radical (unpaired) electrons. The van der Waals surface area contributed by atoms with E-state index in [1.54, 1.807) is 0 Å². The number of rotatable bonds is 2. The second kappa shape index (κ2) is 4.49. The summed E-state index contributed by atoms with van der Waals surface area (Å²) < 4.78 is 30.7. The highest BCUT2D eigenvalue weighted by atomic mass is 19.3. The molecule has 2 rings (SSSR count). The predicted octanol–water partition coefficient (Wildman–Crippen LogP) is 0.749. The summed E-state index contributed by atoms with van der Waals surface area (Å²) in [6.45, 7) is 3.19. The third kappa shape index (κ3) is 2.74. The maximum absolute atomic E-state index is 13.0. The Morgan fingerprint density at radius 2 is 2.29 bits per heavy atom. The molecule has 98 valence electrons. The molecule has 0 saturated carbocycles. The van der Waals surface area contributed by atoms with Gasteiger partial charge in [0.15, 0.2) is 0 Å². The zero-order valence-electron chi connectivity index (χ0n) is 9.86. The van der Waals surface area contributed by atoms with Crippen molar-refractivity contribution in [2.24, 2.45) is 5.73 Å². The lowest BCUT2D eigenvalue weighted by atomic mass is 9.98. The molecule has 3 atom stereocenters. The van der Waals surface area contributed by atoms with Gasteiger partial charge in [0.2, 0.25) is 0 Å². The molecule has 2 aliphatic heterocycles. The highest BCUT2D eigenvalue weighted by Gasteiger charge is 2.51. The van der Waals surface area contributed by atoms with Crippen LogP contribution in [0.2, 0.25) is 0 Å². The molecule has 2 heterocycles. The van der Waals surface area contributed by atoms with Crippen LogP contribution in [0, 0.1) is 0 Å². The third-order valence-electron chi connectivity index (χ3n) is 3.55. The molecule has 2 aliphatic rings. The number of halogens is 2. The minimum Gasteiger partial charge on any atom is -0.456 e. The van der Waals surface area contributed by atoms with Gasteiger partial charge >= 0.3 is 11.9 Å². The van der Waals surface area contributed by atoms with Crippen molar-refractivity contribution in [3.8, 4) is 0 Å². The summed E-state index contributed by atoms with van der Waals surface area (Å²) in [6.07, 6.45) is 0.536. The Balaban J connectivity index is 1.88. The van der Waals surface area contributed by atoms with Crippen molar-refractivity contribution in [3.63, 3.8) is 0 Å². The molecule has 2 saturated heterocycles. The summed E-state index contributed by atoms with van der Waals surface area (Å²) in [4.78, 5) is 12.9. The van der Waals surface area contributed by atoms with Crippen LogP contribution in [0.4, 0.5) is 8.78 Å². The van der Waals surface area contributed by atoms with E-state index in [1.807, 2.05) is 6.92 Å². The van der Waals surface area contributed by atoms with Gasteiger partial charge in [0, 0.05) is 25.2 Å². The number of likely N-dealkylation sites (tertiary alicyclic amines) is 1. The van der Waals surface area contributed by atoms with Crippen LogP contribution < -0.4 is 5.73 Å². The van der Waals surface area contributed by atoms with Crippen molar-refractivity contribution in [1.29, 1.82) is 0 Å². The first-order valence-corrected chi connectivity index (χ1v) is 5.97. The van der Waals surface area contributed by atoms with E-state index in [0.717, 1.165) is 19.4 Å². The first-order chi connectivity index (χ1) is 7.88. The average Bonchev–Trinajstić information content (AvgIpc) is 2.45. The molecule has 17 heavy (non-hydrogen) atoms. The smallest absolute Gasteiger partial charge is 0.377 e. The number of cyclic esters (lactones) is 1. The maximum Gasteiger partial charge on any atom is 0.377 e. The number of alkyl halides is 2. The van der Waals surface area contributed by atoms with E-state index in [0.29, 0.717) is 6.54 Å². The summed E-state index contributed by atoms with van der Waals surface area (Å²) in [5.41, 5.74) is 5.83. The molecule has 0 aromatic rings. The number of hydrogen-bond donors (Lipinski definition) is 1. The number of carbonyl (C=O) groups excluding carboxylic acids is 1. The van der Waals surface area contributed by atoms with Crippen LogP contribution in [0.3, 0.4) is 0 Å². The molecule has 6 heteroatoms. The predicted molar refractivity (Wildman–Crippen MR) is 57.7 cm³/mol. The van der Waals surface area contributed by atoms with Gasteiger partial charge in [0.05, 0.1) is 6.42 Å². The minimum absolute atomic E-state index is 0.189. The number of piperidine rings is 1. The van der Waals surface area contributed by atoms with Crippen LogP contribution in [-0.4, -0.2) is 48.1 Å². The van der Waals surface area contributed by atoms with E-state index in [-0.39, 0.29) is 12.1 Å². The van der Waals surface area contributed by atoms with Gasteiger partial charge in [-0.25, -0.2) is 4.79 Å². The Morgan fingerprint density at radius 1 is 1.59 bits per heavy atom. The molecule has 0 spiro atoms. The van der Waals surface area contributed by atoms with Crippen LogP contribution in [0.1, 0.15) is 26.2 Å². The van der Waals surface area contributed by atoms with Crippen LogP contribution >= 0.6 is 0 Å². The summed E-state index contributed by atoms with van der Waals surface area (Å²) in [5, 5.41) is 0. The Hall–Kier alpha value is -0.750. The third-order valence-corrected chi connectivity index (χ3v) is 3.55. The van der Waals surface area contributed by atoms with Gasteiger partial charge in [0.25, 0.3) is 0 Å². The lowest BCUT2D eigenvalue weighted by molar-refractivity contribution is -0.159. The zero-order valence-corrected chi connectivity index (χ0v) is 9.86. The maximum atomic E-state index is 13.0. The molecule has 3 unspecified atom stereocenters. The van der Waals surface area contributed by atoms with Crippen LogP contribution in [0.25, 0.3) is 0 Å². The minimum atomic E-state index is -3.31. The largest absolute Gasteiger partial charge is 0.456 e. The Morgan fingerprint density at radius 3 is 2.82 bits per heavy atom. The van der Waals surface area contributed by atoms with Crippen LogP contribution in [-0.2, 0) is 9.53 Å². The number of carbonyl (C=O) groups is 1. The highest BCUT2D eigenvalue weighted by Crippen LogP contribution is 2.32. The molecular formula is C11H18F2N2O2. The Labute approximate surface area is 99.1 Å². The molecule has 0 amide bonds. The fourth-order valence-electron chi connectivity index (χ4n) is 2.54. The highest BCUT2D eigenvalue weighted by molar-refractivity contribution is 5.79. The number of nitrogens with zero attached hydrogens (tertiary/aromatic N) is 1. The van der Waals surface area contributed by atoms with Crippen molar-refractivity contribution in [1.82, 2.24) is 4.90 Å². The second-order valence-corrected chi connectivity index (χ2v) is 5.06. The first-order valence-electron chi connectivity index (χ1n) is 5.97. The number of esters is 1. The molecule has 0 aromatic heterocycles. The lowest BCUT2D eigenvalue weighted by Gasteiger charge is -2.37. The molecule has 2 fully saturated rings. The van der Waals surface area contributed by atoms with Gasteiger partial charge in [-0.2, -0.15) is 8.78 Å². The summed E-state index contributed by atoms with van der Waals surface area (Å²) in [7, 11) is 0. The SMILES string of the molecule is CC1CC(N)CCN1CC1CC(F)(F)C(=O)O1. The summed E-state index contributed by atoms with van der Waals surface area (Å²) in [5.74, 6) is -4.69. The molecule has 0 aliphatic carbocycles. The average molecular weight is 248 g/mol. The van der Waals surface area contributed by atoms with Gasteiger partial charge in [0.1, 0.15) is 6.10 Å². The van der Waals surface area contributed by atoms with Crippen molar-refractivity contribution < 1.29 is 18.3 Å². The lowest BCUT2D eigenvalue weighted by Crippen LogP contribution is -2.48. The normalized spacial score (nSPS) is 38.1. The summed E-state index contributed by atoms with van der Waals surface area (Å²) in [6, 6.07) is 0.445. The van der Waals surface area contributed by atoms with Crippen molar-refractivity contribution in [3.05, 3.63) is 0 Å². The van der Waals surface area contributed by atoms with Gasteiger partial charge in [-0.1, -0.05) is 0 Å². The number of nitrogens with two attached hydrogens (primary N) is 1. The van der Waals surface area contributed by atoms with E-state index in [2.05, 4.69) is 4.90 Å². The van der Waals surface area contributed by atoms with E-state index in [1.165, 1.54) is 0 Å². The Kier molecular flexibility index (Phi) is 3.36. The molecule has 0 bridgehead atoms. The topological polar surface area (TPSA) is 55.6 Å². The molecule has 4 nitrogen and oxygen atoms in total. The number of ether oxygens (including phenoxy) is 1. The standard InChI is InChI=1S/C11H18F2N2O2/c1-7-4-8(14)2-3-15(7)6-9-5-11(12,13)10(16)17-9/h7-9H,2-6,14H2,1H3. The van der Waals surface area contributed by atoms with Gasteiger partial charge in [-0.15, -0.1) is 0 Å². The van der Waals surface area contributed by atoms with Gasteiger partial charge < -0.3 is 10.5 Å². The van der Waals surface area contributed by atoms with Gasteiger partial charge in [-0.05, 0) is 19.8 Å². The van der Waals surface area contributed by atoms with E-state index in [9.17, 15) is 13.6 Å². The van der Waals surface area contributed by atoms with E-state index >= 15 is 0 Å². The molecular weight excluding hydrogens is 230 g/mol. The van der Waals surface area contributed by atoms with Crippen molar-refractivity contribution >= 4 is 5.97 Å². The fraction of sp³-hybridized carbons (Fsp3) is 0.909. The molecule has 0 aromatic carbocycles. The van der Waals surface area contributed by atoms with Crippen LogP contribution in [0.15, 0.2) is 0 Å². The monoisotopic (exact) mass is 248 g/mol. The summed E-state index contributed by atoms with van der Waals surface area (Å²) >= 11 is 0. The second-order valence-electron chi connectivity index (χ2n) is 5.06. The van der Waals surface area contributed by atoms with Crippen molar-refractivity contribution in [2.45, 2.75) is 50.3 Å². The van der Waals surface area contributed by atoms with Crippen LogP contribution in [0.5, 0.6) is 0 Å². The van der Waals surface area contributed by atoms with E-state index < -0.39 is 24.4 Å². The first kappa shape index (κ1) is 12.7. The van der Waals surface area contributed by atoms with Crippen molar-refractivity contribution in [2.75, 3.05) is 13.1 Å². The quantitative estimate of drug-likeness (QED) is 0.733.